The van der Waals surface area contributed by atoms with Gasteiger partial charge in [0.25, 0.3) is 0 Å². The Kier molecular flexibility index (Phi) is 16.1. The van der Waals surface area contributed by atoms with Crippen molar-refractivity contribution in [2.24, 2.45) is 17.8 Å². The fourth-order valence-corrected chi connectivity index (χ4v) is 8.80. The van der Waals surface area contributed by atoms with Crippen molar-refractivity contribution in [1.29, 1.82) is 0 Å². The summed E-state index contributed by atoms with van der Waals surface area (Å²) in [5.74, 6) is -2.99. The topological polar surface area (TPSA) is 170 Å². The van der Waals surface area contributed by atoms with Gasteiger partial charge in [-0.3, -0.25) is 10.1 Å². The monoisotopic (exact) mass is 799 g/mol. The van der Waals surface area contributed by atoms with Gasteiger partial charge in [0.05, 0.1) is 23.7 Å². The summed E-state index contributed by atoms with van der Waals surface area (Å²) in [6, 6.07) is 16.5. The van der Waals surface area contributed by atoms with Crippen molar-refractivity contribution in [3.63, 3.8) is 0 Å². The summed E-state index contributed by atoms with van der Waals surface area (Å²) >= 11 is 0. The number of carbonyl (C=O) groups is 2. The molecule has 5 N–H and O–H groups in total. The van der Waals surface area contributed by atoms with Gasteiger partial charge in [0.15, 0.2) is 6.29 Å². The first-order valence-electron chi connectivity index (χ1n) is 20.5. The van der Waals surface area contributed by atoms with Crippen molar-refractivity contribution >= 4 is 17.7 Å². The van der Waals surface area contributed by atoms with E-state index in [1.165, 1.54) is 6.92 Å². The quantitative estimate of drug-likeness (QED) is 0.231. The minimum absolute atomic E-state index is 0.179. The van der Waals surface area contributed by atoms with Gasteiger partial charge in [-0.15, -0.1) is 0 Å². The normalized spacial score (nSPS) is 37.8. The Bertz CT molecular complexity index is 1590. The molecule has 2 aliphatic rings. The molecule has 0 spiro atoms. The number of nitrogens with one attached hydrogen (secondary N) is 1. The van der Waals surface area contributed by atoms with Crippen LogP contribution in [-0.4, -0.2) is 136 Å². The number of esters is 1. The smallest absolute Gasteiger partial charge is 0.411 e. The van der Waals surface area contributed by atoms with Crippen LogP contribution in [0.4, 0.5) is 10.5 Å². The van der Waals surface area contributed by atoms with Gasteiger partial charge in [-0.25, -0.2) is 4.79 Å². The average Bonchev–Trinajstić information content (AvgIpc) is 3.14. The highest BCUT2D eigenvalue weighted by Gasteiger charge is 2.51. The van der Waals surface area contributed by atoms with E-state index in [-0.39, 0.29) is 30.9 Å². The standard InChI is InChI=1S/C44H69N3O10/c1-12-35-44(8,53)38(49)30(6)47(11)25-26(2)24-43(7,52)39(57-41-36(48)34(46(9)10)21-27(3)54-41)28(4)37(29(5)40(50)55-35)56-42(51)45-33-20-16-19-32(23-33)22-31-17-14-13-15-18-31/h13-20,23,26-30,34-39,41,48-49,52-53H,12,21-22,24-25H2,1-11H3,(H,45,51)/t26-,27-,28+,29-,30-,34+,35-,36-,37+,38-,39-,41+,43-,44-/m1/s1. The molecular weight excluding hydrogens is 730 g/mol. The van der Waals surface area contributed by atoms with E-state index in [0.29, 0.717) is 25.1 Å². The van der Waals surface area contributed by atoms with E-state index in [4.69, 9.17) is 18.9 Å². The first-order chi connectivity index (χ1) is 26.7. The summed E-state index contributed by atoms with van der Waals surface area (Å²) in [5, 5.41) is 50.1. The van der Waals surface area contributed by atoms with Gasteiger partial charge < -0.3 is 49.2 Å². The van der Waals surface area contributed by atoms with Gasteiger partial charge in [0.1, 0.15) is 30.0 Å². The molecule has 0 saturated carbocycles. The summed E-state index contributed by atoms with van der Waals surface area (Å²) in [6.07, 6.45) is -6.58. The second kappa shape index (κ2) is 19.7. The van der Waals surface area contributed by atoms with Gasteiger partial charge in [-0.05, 0) is 111 Å². The average molecular weight is 800 g/mol. The van der Waals surface area contributed by atoms with Gasteiger partial charge in [-0.1, -0.05) is 63.2 Å². The van der Waals surface area contributed by atoms with Crippen molar-refractivity contribution in [1.82, 2.24) is 9.80 Å². The highest BCUT2D eigenvalue weighted by Crippen LogP contribution is 2.38. The van der Waals surface area contributed by atoms with Crippen LogP contribution in [0.2, 0.25) is 0 Å². The van der Waals surface area contributed by atoms with Crippen LogP contribution >= 0.6 is 0 Å². The van der Waals surface area contributed by atoms with E-state index in [9.17, 15) is 30.0 Å². The molecule has 13 heteroatoms. The van der Waals surface area contributed by atoms with Crippen molar-refractivity contribution in [2.75, 3.05) is 33.0 Å². The second-order valence-corrected chi connectivity index (χ2v) is 17.5. The number of ether oxygens (including phenoxy) is 4. The number of rotatable bonds is 8. The van der Waals surface area contributed by atoms with E-state index in [0.717, 1.165) is 11.1 Å². The molecule has 2 fully saturated rings. The van der Waals surface area contributed by atoms with Crippen LogP contribution < -0.4 is 5.32 Å². The number of anilines is 1. The Morgan fingerprint density at radius 2 is 1.65 bits per heavy atom. The van der Waals surface area contributed by atoms with Gasteiger partial charge in [0, 0.05) is 30.2 Å². The molecule has 2 aromatic carbocycles. The van der Waals surface area contributed by atoms with Gasteiger partial charge in [-0.2, -0.15) is 0 Å². The number of aliphatic hydroxyl groups is 4. The van der Waals surface area contributed by atoms with E-state index in [1.807, 2.05) is 93.3 Å². The zero-order chi connectivity index (χ0) is 42.4. The van der Waals surface area contributed by atoms with Crippen molar-refractivity contribution in [2.45, 2.75) is 147 Å². The third-order valence-electron chi connectivity index (χ3n) is 12.1. The fourth-order valence-electron chi connectivity index (χ4n) is 8.80. The summed E-state index contributed by atoms with van der Waals surface area (Å²) in [6.45, 7) is 14.2. The molecular formula is C44H69N3O10. The minimum Gasteiger partial charge on any atom is -0.459 e. The number of hydrogen-bond acceptors (Lipinski definition) is 12. The Morgan fingerprint density at radius 1 is 1.00 bits per heavy atom. The van der Waals surface area contributed by atoms with Crippen LogP contribution in [0.15, 0.2) is 54.6 Å². The lowest BCUT2D eigenvalue weighted by molar-refractivity contribution is -0.299. The molecule has 1 amide bonds. The molecule has 0 aliphatic carbocycles. The molecule has 2 heterocycles. The summed E-state index contributed by atoms with van der Waals surface area (Å²) in [5.41, 5.74) is -0.898. The summed E-state index contributed by atoms with van der Waals surface area (Å²) in [4.78, 5) is 31.9. The Labute approximate surface area is 339 Å². The molecule has 0 unspecified atom stereocenters. The first-order valence-corrected chi connectivity index (χ1v) is 20.5. The first kappa shape index (κ1) is 46.5. The van der Waals surface area contributed by atoms with E-state index in [1.54, 1.807) is 40.7 Å². The number of benzene rings is 2. The Morgan fingerprint density at radius 3 is 2.28 bits per heavy atom. The lowest BCUT2D eigenvalue weighted by Crippen LogP contribution is -2.59. The Hall–Kier alpha value is -3.14. The Balaban J connectivity index is 1.76. The fraction of sp³-hybridized carbons (Fsp3) is 0.682. The zero-order valence-electron chi connectivity index (χ0n) is 35.8. The highest BCUT2D eigenvalue weighted by atomic mass is 16.7. The zero-order valence-corrected chi connectivity index (χ0v) is 35.8. The molecule has 0 bridgehead atoms. The molecule has 14 atom stereocenters. The number of hydrogen-bond donors (Lipinski definition) is 5. The van der Waals surface area contributed by atoms with E-state index >= 15 is 0 Å². The number of cyclic esters (lactones) is 1. The van der Waals surface area contributed by atoms with Crippen LogP contribution in [0.5, 0.6) is 0 Å². The number of carbonyl (C=O) groups excluding carboxylic acids is 2. The highest BCUT2D eigenvalue weighted by molar-refractivity contribution is 5.85. The molecule has 13 nitrogen and oxygen atoms in total. The predicted molar refractivity (Wildman–Crippen MR) is 219 cm³/mol. The van der Waals surface area contributed by atoms with E-state index in [2.05, 4.69) is 5.32 Å². The van der Waals surface area contributed by atoms with Gasteiger partial charge in [0.2, 0.25) is 0 Å². The maximum absolute atomic E-state index is 14.2. The number of amides is 1. The summed E-state index contributed by atoms with van der Waals surface area (Å²) < 4.78 is 25.0. The largest absolute Gasteiger partial charge is 0.459 e. The molecule has 57 heavy (non-hydrogen) atoms. The maximum Gasteiger partial charge on any atom is 0.411 e. The van der Waals surface area contributed by atoms with Crippen LogP contribution in [0.25, 0.3) is 0 Å². The van der Waals surface area contributed by atoms with E-state index < -0.39 is 78.0 Å². The van der Waals surface area contributed by atoms with Gasteiger partial charge >= 0.3 is 12.1 Å². The van der Waals surface area contributed by atoms with Crippen molar-refractivity contribution in [3.05, 3.63) is 65.7 Å². The van der Waals surface area contributed by atoms with Crippen LogP contribution in [-0.2, 0) is 30.2 Å². The van der Waals surface area contributed by atoms with Crippen molar-refractivity contribution in [3.8, 4) is 0 Å². The van der Waals surface area contributed by atoms with Crippen LogP contribution in [0.1, 0.15) is 85.8 Å². The molecule has 2 aliphatic heterocycles. The molecule has 0 aromatic heterocycles. The van der Waals surface area contributed by atoms with Crippen molar-refractivity contribution < 1.29 is 49.0 Å². The van der Waals surface area contributed by atoms with Crippen LogP contribution in [0, 0.1) is 17.8 Å². The SMILES string of the molecule is CC[C@H]1OC(=O)[C@H](C)[C@@H](OC(=O)Nc2cccc(Cc3ccccc3)c2)[C@H](C)[C@@H](O[C@@H]2O[C@H](C)C[C@H](N(C)C)[C@H]2O)[C@](C)(O)C[C@@H](C)CN(C)[C@H](C)[C@@H](O)[C@]1(C)O. The number of nitrogens with zero attached hydrogens (tertiary/aromatic N) is 2. The maximum atomic E-state index is 14.2. The molecule has 0 radical (unpaired) electrons. The molecule has 2 saturated heterocycles. The third-order valence-corrected chi connectivity index (χ3v) is 12.1. The molecule has 2 aromatic rings. The molecule has 4 rings (SSSR count). The third kappa shape index (κ3) is 11.8. The summed E-state index contributed by atoms with van der Waals surface area (Å²) in [7, 11) is 5.57. The predicted octanol–water partition coefficient (Wildman–Crippen LogP) is 4.82. The lowest BCUT2D eigenvalue weighted by Gasteiger charge is -2.47. The minimum atomic E-state index is -1.84. The number of likely N-dealkylation sites (N-methyl/N-ethyl adjacent to an activating group) is 2. The number of aliphatic hydroxyl groups excluding tert-OH is 2. The lowest BCUT2D eigenvalue weighted by atomic mass is 9.77. The molecule has 320 valence electrons. The van der Waals surface area contributed by atoms with Crippen LogP contribution in [0.3, 0.4) is 0 Å². The second-order valence-electron chi connectivity index (χ2n) is 17.5.